The van der Waals surface area contributed by atoms with E-state index in [9.17, 15) is 0 Å². The Balaban J connectivity index is 0.00000338. The number of pyridine rings is 1. The summed E-state index contributed by atoms with van der Waals surface area (Å²) in [7, 11) is 0. The van der Waals surface area contributed by atoms with Gasteiger partial charge in [-0.3, -0.25) is 14.9 Å². The first-order chi connectivity index (χ1) is 12.2. The SMILES string of the molecule is CCNC(=NCC(CC(C)C)N1CCCC1)NCCc1ccccn1.I. The van der Waals surface area contributed by atoms with Crippen molar-refractivity contribution < 1.29 is 0 Å². The first-order valence-corrected chi connectivity index (χ1v) is 9.85. The molecule has 2 heterocycles. The molecule has 0 saturated carbocycles. The monoisotopic (exact) mass is 473 g/mol. The van der Waals surface area contributed by atoms with Crippen LogP contribution in [0.15, 0.2) is 29.4 Å². The second-order valence-electron chi connectivity index (χ2n) is 7.24. The van der Waals surface area contributed by atoms with E-state index in [1.165, 1.54) is 32.4 Å². The molecule has 2 rings (SSSR count). The maximum atomic E-state index is 4.87. The fourth-order valence-corrected chi connectivity index (χ4v) is 3.38. The van der Waals surface area contributed by atoms with Crippen LogP contribution in [0, 0.1) is 5.92 Å². The number of aliphatic imine (C=N–C) groups is 1. The zero-order valence-corrected chi connectivity index (χ0v) is 18.9. The van der Waals surface area contributed by atoms with Gasteiger partial charge in [0.25, 0.3) is 0 Å². The van der Waals surface area contributed by atoms with Crippen molar-refractivity contribution in [3.05, 3.63) is 30.1 Å². The maximum Gasteiger partial charge on any atom is 0.191 e. The van der Waals surface area contributed by atoms with Crippen LogP contribution in [-0.4, -0.2) is 54.6 Å². The summed E-state index contributed by atoms with van der Waals surface area (Å²) in [5, 5.41) is 6.82. The van der Waals surface area contributed by atoms with Gasteiger partial charge in [0.1, 0.15) is 0 Å². The molecule has 5 nitrogen and oxygen atoms in total. The van der Waals surface area contributed by atoms with Gasteiger partial charge in [-0.15, -0.1) is 24.0 Å². The van der Waals surface area contributed by atoms with Crippen LogP contribution in [-0.2, 0) is 6.42 Å². The smallest absolute Gasteiger partial charge is 0.191 e. The van der Waals surface area contributed by atoms with Crippen LogP contribution in [0.5, 0.6) is 0 Å². The van der Waals surface area contributed by atoms with Gasteiger partial charge in [0, 0.05) is 37.4 Å². The summed E-state index contributed by atoms with van der Waals surface area (Å²) in [5.74, 6) is 1.63. The number of aromatic nitrogens is 1. The Morgan fingerprint density at radius 1 is 1.23 bits per heavy atom. The first kappa shape index (κ1) is 23.1. The molecule has 1 aromatic heterocycles. The Morgan fingerprint density at radius 3 is 2.62 bits per heavy atom. The van der Waals surface area contributed by atoms with Crippen molar-refractivity contribution in [1.82, 2.24) is 20.5 Å². The second-order valence-corrected chi connectivity index (χ2v) is 7.24. The van der Waals surface area contributed by atoms with E-state index < -0.39 is 0 Å². The predicted molar refractivity (Wildman–Crippen MR) is 121 cm³/mol. The third-order valence-corrected chi connectivity index (χ3v) is 4.60. The minimum atomic E-state index is 0. The second kappa shape index (κ2) is 13.3. The third-order valence-electron chi connectivity index (χ3n) is 4.60. The van der Waals surface area contributed by atoms with Crippen molar-refractivity contribution in [2.24, 2.45) is 10.9 Å². The van der Waals surface area contributed by atoms with Crippen molar-refractivity contribution in [3.8, 4) is 0 Å². The van der Waals surface area contributed by atoms with Crippen molar-refractivity contribution in [1.29, 1.82) is 0 Å². The average molecular weight is 473 g/mol. The molecule has 1 saturated heterocycles. The number of guanidine groups is 1. The van der Waals surface area contributed by atoms with Gasteiger partial charge in [-0.2, -0.15) is 0 Å². The highest BCUT2D eigenvalue weighted by Crippen LogP contribution is 2.18. The van der Waals surface area contributed by atoms with Crippen LogP contribution in [0.3, 0.4) is 0 Å². The number of nitrogens with one attached hydrogen (secondary N) is 2. The summed E-state index contributed by atoms with van der Waals surface area (Å²) in [4.78, 5) is 11.9. The van der Waals surface area contributed by atoms with Crippen molar-refractivity contribution >= 4 is 29.9 Å². The zero-order chi connectivity index (χ0) is 17.9. The normalized spacial score (nSPS) is 16.4. The van der Waals surface area contributed by atoms with Crippen LogP contribution in [0.1, 0.15) is 45.7 Å². The van der Waals surface area contributed by atoms with Crippen molar-refractivity contribution in [2.75, 3.05) is 32.7 Å². The highest BCUT2D eigenvalue weighted by molar-refractivity contribution is 14.0. The number of halogens is 1. The molecule has 0 bridgehead atoms. The van der Waals surface area contributed by atoms with Crippen molar-refractivity contribution in [2.45, 2.75) is 52.5 Å². The third kappa shape index (κ3) is 8.66. The zero-order valence-electron chi connectivity index (χ0n) is 16.6. The Labute approximate surface area is 176 Å². The summed E-state index contributed by atoms with van der Waals surface area (Å²) in [6, 6.07) is 6.62. The fourth-order valence-electron chi connectivity index (χ4n) is 3.38. The average Bonchev–Trinajstić information content (AvgIpc) is 3.13. The van der Waals surface area contributed by atoms with Crippen LogP contribution >= 0.6 is 24.0 Å². The molecular formula is C20H36IN5. The summed E-state index contributed by atoms with van der Waals surface area (Å²) < 4.78 is 0. The molecule has 0 aliphatic carbocycles. The quantitative estimate of drug-likeness (QED) is 0.328. The molecule has 1 aliphatic heterocycles. The molecule has 0 amide bonds. The van der Waals surface area contributed by atoms with Crippen LogP contribution in [0.2, 0.25) is 0 Å². The summed E-state index contributed by atoms with van der Waals surface area (Å²) in [6.07, 6.45) is 6.65. The van der Waals surface area contributed by atoms with E-state index >= 15 is 0 Å². The van der Waals surface area contributed by atoms with Crippen molar-refractivity contribution in [3.63, 3.8) is 0 Å². The maximum absolute atomic E-state index is 4.87. The van der Waals surface area contributed by atoms with E-state index in [-0.39, 0.29) is 24.0 Å². The Hall–Kier alpha value is -0.890. The van der Waals surface area contributed by atoms with Crippen LogP contribution in [0.25, 0.3) is 0 Å². The lowest BCUT2D eigenvalue weighted by Gasteiger charge is -2.28. The number of hydrogen-bond donors (Lipinski definition) is 2. The van der Waals surface area contributed by atoms with Gasteiger partial charge in [-0.05, 0) is 57.3 Å². The summed E-state index contributed by atoms with van der Waals surface area (Å²) in [5.41, 5.74) is 1.11. The van der Waals surface area contributed by atoms with E-state index in [1.807, 2.05) is 18.3 Å². The fraction of sp³-hybridized carbons (Fsp3) is 0.700. The van der Waals surface area contributed by atoms with Gasteiger partial charge in [0.05, 0.1) is 6.54 Å². The van der Waals surface area contributed by atoms with E-state index in [0.717, 1.165) is 37.7 Å². The number of likely N-dealkylation sites (tertiary alicyclic amines) is 1. The molecule has 1 fully saturated rings. The molecule has 0 aromatic carbocycles. The minimum Gasteiger partial charge on any atom is -0.357 e. The molecule has 2 N–H and O–H groups in total. The van der Waals surface area contributed by atoms with E-state index in [2.05, 4.69) is 47.4 Å². The van der Waals surface area contributed by atoms with E-state index in [4.69, 9.17) is 4.99 Å². The number of hydrogen-bond acceptors (Lipinski definition) is 3. The minimum absolute atomic E-state index is 0. The lowest BCUT2D eigenvalue weighted by molar-refractivity contribution is 0.218. The molecule has 1 unspecified atom stereocenters. The number of rotatable bonds is 9. The molecule has 1 aliphatic rings. The van der Waals surface area contributed by atoms with E-state index in [1.54, 1.807) is 0 Å². The first-order valence-electron chi connectivity index (χ1n) is 9.85. The topological polar surface area (TPSA) is 52.6 Å². The highest BCUT2D eigenvalue weighted by Gasteiger charge is 2.22. The molecule has 6 heteroatoms. The number of nitrogens with zero attached hydrogens (tertiary/aromatic N) is 3. The molecular weight excluding hydrogens is 437 g/mol. The highest BCUT2D eigenvalue weighted by atomic mass is 127. The molecule has 1 atom stereocenters. The Morgan fingerprint density at radius 2 is 2.00 bits per heavy atom. The lowest BCUT2D eigenvalue weighted by atomic mass is 10.0. The van der Waals surface area contributed by atoms with Gasteiger partial charge in [0.2, 0.25) is 0 Å². The summed E-state index contributed by atoms with van der Waals surface area (Å²) >= 11 is 0. The Bertz CT molecular complexity index is 500. The standard InChI is InChI=1S/C20H35N5.HI/c1-4-21-20(23-12-10-18-9-5-6-11-22-18)24-16-19(15-17(2)3)25-13-7-8-14-25;/h5-6,9,11,17,19H,4,7-8,10,12-16H2,1-3H3,(H2,21,23,24);1H. The van der Waals surface area contributed by atoms with Gasteiger partial charge in [0.15, 0.2) is 5.96 Å². The van der Waals surface area contributed by atoms with Crippen LogP contribution in [0.4, 0.5) is 0 Å². The largest absolute Gasteiger partial charge is 0.357 e. The predicted octanol–water partition coefficient (Wildman–Crippen LogP) is 3.31. The molecule has 148 valence electrons. The van der Waals surface area contributed by atoms with Gasteiger partial charge in [-0.1, -0.05) is 19.9 Å². The molecule has 26 heavy (non-hydrogen) atoms. The Kier molecular flexibility index (Phi) is 11.8. The van der Waals surface area contributed by atoms with Gasteiger partial charge < -0.3 is 10.6 Å². The molecule has 0 spiro atoms. The summed E-state index contributed by atoms with van der Waals surface area (Å²) in [6.45, 7) is 11.8. The van der Waals surface area contributed by atoms with E-state index in [0.29, 0.717) is 12.0 Å². The van der Waals surface area contributed by atoms with Crippen LogP contribution < -0.4 is 10.6 Å². The molecule has 1 aromatic rings. The van der Waals surface area contributed by atoms with Gasteiger partial charge >= 0.3 is 0 Å². The van der Waals surface area contributed by atoms with Gasteiger partial charge in [-0.25, -0.2) is 0 Å². The lowest BCUT2D eigenvalue weighted by Crippen LogP contribution is -2.41. The molecule has 0 radical (unpaired) electrons.